The number of aliphatic hydroxyl groups is 2. The van der Waals surface area contributed by atoms with Crippen molar-refractivity contribution < 1.29 is 34.1 Å². The molecule has 2 unspecified atom stereocenters. The Hall–Kier alpha value is -4.31. The monoisotopic (exact) mass is 602 g/mol. The van der Waals surface area contributed by atoms with Crippen molar-refractivity contribution in [2.75, 3.05) is 7.11 Å². The van der Waals surface area contributed by atoms with Gasteiger partial charge in [-0.3, -0.25) is 14.4 Å². The SMILES string of the molecule is CON(Cc1ccccc1)C(=O)c1c(-c2ccccc2)c(-c2ccc(F)cc2)c(CCC(O)CC(O)CC(=O)O)n1C(C)C. The van der Waals surface area contributed by atoms with Gasteiger partial charge in [0.05, 0.1) is 32.3 Å². The van der Waals surface area contributed by atoms with Gasteiger partial charge in [0.15, 0.2) is 0 Å². The number of aliphatic hydroxyl groups excluding tert-OH is 2. The van der Waals surface area contributed by atoms with E-state index >= 15 is 0 Å². The summed E-state index contributed by atoms with van der Waals surface area (Å²) in [4.78, 5) is 31.2. The molecule has 2 atom stereocenters. The van der Waals surface area contributed by atoms with E-state index in [0.717, 1.165) is 22.4 Å². The number of carboxylic acid groups (broad SMARTS) is 1. The number of aromatic nitrogens is 1. The van der Waals surface area contributed by atoms with Gasteiger partial charge in [0, 0.05) is 22.9 Å². The molecular formula is C35H39FN2O6. The highest BCUT2D eigenvalue weighted by Crippen LogP contribution is 2.43. The molecule has 232 valence electrons. The summed E-state index contributed by atoms with van der Waals surface area (Å²) in [6.07, 6.45) is -2.26. The zero-order valence-electron chi connectivity index (χ0n) is 25.2. The summed E-state index contributed by atoms with van der Waals surface area (Å²) >= 11 is 0. The Morgan fingerprint density at radius 1 is 0.864 bits per heavy atom. The standard InChI is InChI=1S/C35H39FN2O6/c1-23(2)38-30(19-18-28(39)20-29(40)21-31(41)42)32(26-14-16-27(36)17-15-26)33(25-12-8-5-9-13-25)34(38)35(43)37(44-3)22-24-10-6-4-7-11-24/h4-17,23,28-29,39-40H,18-22H2,1-3H3,(H,41,42). The number of hydroxylamine groups is 2. The van der Waals surface area contributed by atoms with Gasteiger partial charge in [-0.1, -0.05) is 72.8 Å². The summed E-state index contributed by atoms with van der Waals surface area (Å²) in [5.74, 6) is -1.91. The minimum atomic E-state index is -1.19. The fourth-order valence-corrected chi connectivity index (χ4v) is 5.58. The van der Waals surface area contributed by atoms with Crippen LogP contribution in [0.1, 0.15) is 60.9 Å². The van der Waals surface area contributed by atoms with Crippen LogP contribution in [-0.4, -0.2) is 56.1 Å². The van der Waals surface area contributed by atoms with Gasteiger partial charge < -0.3 is 19.9 Å². The van der Waals surface area contributed by atoms with Gasteiger partial charge >= 0.3 is 5.97 Å². The van der Waals surface area contributed by atoms with E-state index in [2.05, 4.69) is 0 Å². The molecular weight excluding hydrogens is 563 g/mol. The lowest BCUT2D eigenvalue weighted by atomic mass is 9.92. The van der Waals surface area contributed by atoms with Gasteiger partial charge in [-0.05, 0) is 61.9 Å². The number of nitrogens with zero attached hydrogens (tertiary/aromatic N) is 2. The maximum Gasteiger partial charge on any atom is 0.305 e. The Morgan fingerprint density at radius 3 is 2.02 bits per heavy atom. The van der Waals surface area contributed by atoms with E-state index in [4.69, 9.17) is 9.94 Å². The summed E-state index contributed by atoms with van der Waals surface area (Å²) in [5, 5.41) is 31.3. The third kappa shape index (κ3) is 7.79. The summed E-state index contributed by atoms with van der Waals surface area (Å²) in [5.41, 5.74) is 4.87. The van der Waals surface area contributed by atoms with E-state index < -0.39 is 30.4 Å². The number of amides is 1. The molecule has 44 heavy (non-hydrogen) atoms. The average molecular weight is 603 g/mol. The smallest absolute Gasteiger partial charge is 0.305 e. The van der Waals surface area contributed by atoms with Gasteiger partial charge in [-0.15, -0.1) is 0 Å². The van der Waals surface area contributed by atoms with Crippen LogP contribution in [0.15, 0.2) is 84.9 Å². The summed E-state index contributed by atoms with van der Waals surface area (Å²) in [7, 11) is 1.45. The predicted molar refractivity (Wildman–Crippen MR) is 166 cm³/mol. The number of rotatable bonds is 14. The third-order valence-corrected chi connectivity index (χ3v) is 7.51. The van der Waals surface area contributed by atoms with Gasteiger partial charge in [-0.25, -0.2) is 9.45 Å². The van der Waals surface area contributed by atoms with Gasteiger partial charge in [0.25, 0.3) is 5.91 Å². The molecule has 0 aliphatic heterocycles. The van der Waals surface area contributed by atoms with Crippen molar-refractivity contribution in [3.8, 4) is 22.3 Å². The number of hydrogen-bond acceptors (Lipinski definition) is 5. The zero-order valence-corrected chi connectivity index (χ0v) is 25.2. The highest BCUT2D eigenvalue weighted by molar-refractivity contribution is 6.05. The van der Waals surface area contributed by atoms with E-state index in [1.807, 2.05) is 79.1 Å². The largest absolute Gasteiger partial charge is 0.481 e. The lowest BCUT2D eigenvalue weighted by Gasteiger charge is -2.24. The van der Waals surface area contributed by atoms with Crippen molar-refractivity contribution in [1.29, 1.82) is 0 Å². The predicted octanol–water partition coefficient (Wildman–Crippen LogP) is 6.27. The van der Waals surface area contributed by atoms with Gasteiger partial charge in [-0.2, -0.15) is 0 Å². The number of carbonyl (C=O) groups excluding carboxylic acids is 1. The Bertz CT molecular complexity index is 1540. The molecule has 1 amide bonds. The molecule has 0 aliphatic carbocycles. The van der Waals surface area contributed by atoms with E-state index in [-0.39, 0.29) is 31.3 Å². The summed E-state index contributed by atoms with van der Waals surface area (Å²) in [6.45, 7) is 4.13. The topological polar surface area (TPSA) is 112 Å². The summed E-state index contributed by atoms with van der Waals surface area (Å²) in [6, 6.07) is 24.9. The van der Waals surface area contributed by atoms with Crippen molar-refractivity contribution in [2.45, 2.75) is 64.3 Å². The highest BCUT2D eigenvalue weighted by atomic mass is 19.1. The van der Waals surface area contributed by atoms with Crippen LogP contribution in [-0.2, 0) is 22.6 Å². The summed E-state index contributed by atoms with van der Waals surface area (Å²) < 4.78 is 16.1. The number of carboxylic acids is 1. The molecule has 1 aromatic heterocycles. The molecule has 0 spiro atoms. The molecule has 4 rings (SSSR count). The van der Waals surface area contributed by atoms with Crippen LogP contribution in [0.4, 0.5) is 4.39 Å². The molecule has 0 radical (unpaired) electrons. The van der Waals surface area contributed by atoms with Crippen molar-refractivity contribution in [3.05, 3.63) is 108 Å². The van der Waals surface area contributed by atoms with Gasteiger partial charge in [0.2, 0.25) is 0 Å². The fraction of sp³-hybridized carbons (Fsp3) is 0.314. The fourth-order valence-electron chi connectivity index (χ4n) is 5.58. The number of aliphatic carboxylic acids is 1. The Morgan fingerprint density at radius 2 is 1.45 bits per heavy atom. The second-order valence-electron chi connectivity index (χ2n) is 11.1. The van der Waals surface area contributed by atoms with Crippen LogP contribution >= 0.6 is 0 Å². The maximum atomic E-state index is 14.5. The molecule has 4 aromatic rings. The van der Waals surface area contributed by atoms with E-state index in [9.17, 15) is 24.2 Å². The molecule has 9 heteroatoms. The Kier molecular flexibility index (Phi) is 11.1. The maximum absolute atomic E-state index is 14.5. The minimum Gasteiger partial charge on any atom is -0.481 e. The lowest BCUT2D eigenvalue weighted by Crippen LogP contribution is -2.32. The highest BCUT2D eigenvalue weighted by Gasteiger charge is 2.33. The number of halogens is 1. The van der Waals surface area contributed by atoms with Crippen molar-refractivity contribution in [1.82, 2.24) is 9.63 Å². The first-order valence-electron chi connectivity index (χ1n) is 14.7. The second-order valence-corrected chi connectivity index (χ2v) is 11.1. The number of benzene rings is 3. The second kappa shape index (κ2) is 14.9. The van der Waals surface area contributed by atoms with Crippen molar-refractivity contribution in [2.24, 2.45) is 0 Å². The number of hydrogen-bond donors (Lipinski definition) is 3. The van der Waals surface area contributed by atoms with Crippen LogP contribution < -0.4 is 0 Å². The number of carbonyl (C=O) groups is 2. The third-order valence-electron chi connectivity index (χ3n) is 7.51. The Labute approximate surface area is 256 Å². The molecule has 0 bridgehead atoms. The lowest BCUT2D eigenvalue weighted by molar-refractivity contribution is -0.139. The molecule has 0 saturated carbocycles. The quantitative estimate of drug-likeness (QED) is 0.147. The molecule has 0 fully saturated rings. The molecule has 3 aromatic carbocycles. The molecule has 8 nitrogen and oxygen atoms in total. The Balaban J connectivity index is 1.91. The van der Waals surface area contributed by atoms with Crippen LogP contribution in [0.5, 0.6) is 0 Å². The first-order valence-corrected chi connectivity index (χ1v) is 14.7. The minimum absolute atomic E-state index is 0.105. The van der Waals surface area contributed by atoms with Gasteiger partial charge in [0.1, 0.15) is 11.5 Å². The van der Waals surface area contributed by atoms with Crippen LogP contribution in [0.3, 0.4) is 0 Å². The zero-order chi connectivity index (χ0) is 31.8. The van der Waals surface area contributed by atoms with E-state index in [0.29, 0.717) is 23.2 Å². The molecule has 0 saturated heterocycles. The van der Waals surface area contributed by atoms with E-state index in [1.54, 1.807) is 12.1 Å². The molecule has 3 N–H and O–H groups in total. The van der Waals surface area contributed by atoms with Crippen LogP contribution in [0.2, 0.25) is 0 Å². The first-order chi connectivity index (χ1) is 21.1. The van der Waals surface area contributed by atoms with Crippen molar-refractivity contribution >= 4 is 11.9 Å². The first kappa shape index (κ1) is 32.6. The van der Waals surface area contributed by atoms with Crippen LogP contribution in [0.25, 0.3) is 22.3 Å². The average Bonchev–Trinajstić information content (AvgIpc) is 3.34. The molecule has 1 heterocycles. The normalized spacial score (nSPS) is 12.7. The molecule has 0 aliphatic rings. The van der Waals surface area contributed by atoms with E-state index in [1.165, 1.54) is 24.3 Å². The van der Waals surface area contributed by atoms with Crippen LogP contribution in [0, 0.1) is 5.82 Å². The van der Waals surface area contributed by atoms with Crippen molar-refractivity contribution in [3.63, 3.8) is 0 Å².